The van der Waals surface area contributed by atoms with E-state index >= 15 is 0 Å². The first-order valence-corrected chi connectivity index (χ1v) is 8.03. The van der Waals surface area contributed by atoms with Gasteiger partial charge in [-0.25, -0.2) is 8.42 Å². The first-order valence-electron chi connectivity index (χ1n) is 5.29. The van der Waals surface area contributed by atoms with Crippen LogP contribution in [0.25, 0.3) is 0 Å². The molecule has 0 bridgehead atoms. The van der Waals surface area contributed by atoms with Crippen LogP contribution in [-0.2, 0) is 21.9 Å². The molecule has 0 spiro atoms. The van der Waals surface area contributed by atoms with Gasteiger partial charge in [0, 0.05) is 11.9 Å². The van der Waals surface area contributed by atoms with Crippen molar-refractivity contribution in [1.82, 2.24) is 14.5 Å². The summed E-state index contributed by atoms with van der Waals surface area (Å²) in [4.78, 5) is 11.6. The molecule has 2 heterocycles. The van der Waals surface area contributed by atoms with Crippen LogP contribution >= 0.6 is 22.9 Å². The fraction of sp³-hybridized carbons (Fsp3) is 0.200. The largest absolute Gasteiger partial charge is 0.480 e. The Morgan fingerprint density at radius 1 is 1.60 bits per heavy atom. The van der Waals surface area contributed by atoms with Gasteiger partial charge in [0.15, 0.2) is 11.1 Å². The van der Waals surface area contributed by atoms with Crippen LogP contribution in [0.2, 0.25) is 5.02 Å². The zero-order chi connectivity index (χ0) is 14.9. The van der Waals surface area contributed by atoms with E-state index in [0.29, 0.717) is 4.88 Å². The molecule has 2 aromatic heterocycles. The van der Waals surface area contributed by atoms with Crippen LogP contribution in [0, 0.1) is 0 Å². The van der Waals surface area contributed by atoms with Gasteiger partial charge in [0.2, 0.25) is 0 Å². The standard InChI is InChI=1S/C10H10ClN3O4S2/c1-14-9(6(11)5-12-14)20(17,18)13-8(10(15)16)7-3-2-4-19-7/h2-5,8,13H,1H3,(H,15,16). The van der Waals surface area contributed by atoms with Crippen LogP contribution in [-0.4, -0.2) is 29.3 Å². The maximum Gasteiger partial charge on any atom is 0.327 e. The monoisotopic (exact) mass is 335 g/mol. The highest BCUT2D eigenvalue weighted by molar-refractivity contribution is 7.89. The molecule has 0 aliphatic heterocycles. The number of carboxylic acid groups (broad SMARTS) is 1. The van der Waals surface area contributed by atoms with E-state index in [1.807, 2.05) is 0 Å². The lowest BCUT2D eigenvalue weighted by Crippen LogP contribution is -2.34. The van der Waals surface area contributed by atoms with Crippen molar-refractivity contribution in [3.63, 3.8) is 0 Å². The van der Waals surface area contributed by atoms with Gasteiger partial charge in [-0.2, -0.15) is 9.82 Å². The maximum atomic E-state index is 12.2. The number of carbonyl (C=O) groups is 1. The number of aromatic nitrogens is 2. The fourth-order valence-corrected chi connectivity index (χ4v) is 4.27. The zero-order valence-corrected chi connectivity index (χ0v) is 12.5. The van der Waals surface area contributed by atoms with Crippen LogP contribution in [0.1, 0.15) is 10.9 Å². The number of aliphatic carboxylic acids is 1. The van der Waals surface area contributed by atoms with Crippen LogP contribution in [0.15, 0.2) is 28.7 Å². The normalized spacial score (nSPS) is 13.3. The summed E-state index contributed by atoms with van der Waals surface area (Å²) in [6, 6.07) is 1.81. The molecule has 0 amide bonds. The number of nitrogens with zero attached hydrogens (tertiary/aromatic N) is 2. The summed E-state index contributed by atoms with van der Waals surface area (Å²) < 4.78 is 27.6. The van der Waals surface area contributed by atoms with Crippen LogP contribution in [0.4, 0.5) is 0 Å². The lowest BCUT2D eigenvalue weighted by molar-refractivity contribution is -0.139. The summed E-state index contributed by atoms with van der Waals surface area (Å²) in [5.41, 5.74) is 0. The second-order valence-electron chi connectivity index (χ2n) is 3.83. The average molecular weight is 336 g/mol. The number of aryl methyl sites for hydroxylation is 1. The topological polar surface area (TPSA) is 101 Å². The van der Waals surface area contributed by atoms with E-state index in [9.17, 15) is 13.2 Å². The van der Waals surface area contributed by atoms with Gasteiger partial charge in [0.05, 0.1) is 11.2 Å². The first-order chi connectivity index (χ1) is 9.33. The van der Waals surface area contributed by atoms with Crippen LogP contribution < -0.4 is 4.72 Å². The quantitative estimate of drug-likeness (QED) is 0.856. The molecule has 0 saturated heterocycles. The molecule has 108 valence electrons. The third-order valence-electron chi connectivity index (χ3n) is 2.44. The molecule has 2 rings (SSSR count). The van der Waals surface area contributed by atoms with Gasteiger partial charge >= 0.3 is 5.97 Å². The van der Waals surface area contributed by atoms with Gasteiger partial charge in [0.25, 0.3) is 10.0 Å². The summed E-state index contributed by atoms with van der Waals surface area (Å²) in [6.07, 6.45) is 1.18. The number of carboxylic acids is 1. The van der Waals surface area contributed by atoms with E-state index in [2.05, 4.69) is 9.82 Å². The van der Waals surface area contributed by atoms with Crippen molar-refractivity contribution in [3.8, 4) is 0 Å². The van der Waals surface area contributed by atoms with Crippen molar-refractivity contribution in [2.45, 2.75) is 11.1 Å². The molecule has 7 nitrogen and oxygen atoms in total. The molecular weight excluding hydrogens is 326 g/mol. The third-order valence-corrected chi connectivity index (χ3v) is 5.31. The number of hydrogen-bond acceptors (Lipinski definition) is 5. The second kappa shape index (κ2) is 5.52. The SMILES string of the molecule is Cn1ncc(Cl)c1S(=O)(=O)NC(C(=O)O)c1cccs1. The first kappa shape index (κ1) is 15.0. The number of hydrogen-bond donors (Lipinski definition) is 2. The third kappa shape index (κ3) is 2.85. The van der Waals surface area contributed by atoms with Gasteiger partial charge in [-0.3, -0.25) is 9.48 Å². The summed E-state index contributed by atoms with van der Waals surface area (Å²) in [6.45, 7) is 0. The lowest BCUT2D eigenvalue weighted by Gasteiger charge is -2.13. The minimum absolute atomic E-state index is 0.0738. The molecule has 20 heavy (non-hydrogen) atoms. The summed E-state index contributed by atoms with van der Waals surface area (Å²) >= 11 is 6.91. The Hall–Kier alpha value is -1.42. The van der Waals surface area contributed by atoms with Crippen molar-refractivity contribution in [2.24, 2.45) is 7.05 Å². The van der Waals surface area contributed by atoms with Gasteiger partial charge < -0.3 is 5.11 Å². The van der Waals surface area contributed by atoms with Crippen LogP contribution in [0.5, 0.6) is 0 Å². The number of halogens is 1. The Morgan fingerprint density at radius 3 is 2.75 bits per heavy atom. The van der Waals surface area contributed by atoms with E-state index in [1.165, 1.54) is 19.3 Å². The maximum absolute atomic E-state index is 12.2. The van der Waals surface area contributed by atoms with Gasteiger partial charge in [0.1, 0.15) is 0 Å². The minimum Gasteiger partial charge on any atom is -0.480 e. The molecule has 0 radical (unpaired) electrons. The van der Waals surface area contributed by atoms with Gasteiger partial charge in [-0.05, 0) is 11.4 Å². The molecule has 0 aromatic carbocycles. The summed E-state index contributed by atoms with van der Waals surface area (Å²) in [7, 11) is -2.70. The zero-order valence-electron chi connectivity index (χ0n) is 10.1. The van der Waals surface area contributed by atoms with Crippen LogP contribution in [0.3, 0.4) is 0 Å². The molecule has 1 atom stereocenters. The van der Waals surface area contributed by atoms with E-state index in [0.717, 1.165) is 16.0 Å². The predicted octanol–water partition coefficient (Wildman–Crippen LogP) is 1.24. The molecule has 1 unspecified atom stereocenters. The predicted molar refractivity (Wildman–Crippen MR) is 73.2 cm³/mol. The summed E-state index contributed by atoms with van der Waals surface area (Å²) in [5, 5.41) is 14.2. The van der Waals surface area contributed by atoms with Crippen molar-refractivity contribution in [1.29, 1.82) is 0 Å². The summed E-state index contributed by atoms with van der Waals surface area (Å²) in [5.74, 6) is -1.30. The Labute approximate surface area is 123 Å². The smallest absolute Gasteiger partial charge is 0.327 e. The minimum atomic E-state index is -4.10. The number of sulfonamides is 1. The Kier molecular flexibility index (Phi) is 4.14. The Bertz CT molecular complexity index is 704. The highest BCUT2D eigenvalue weighted by atomic mass is 35.5. The van der Waals surface area contributed by atoms with Crippen molar-refractivity contribution >= 4 is 38.9 Å². The van der Waals surface area contributed by atoms with Crippen molar-refractivity contribution < 1.29 is 18.3 Å². The van der Waals surface area contributed by atoms with Crippen molar-refractivity contribution in [3.05, 3.63) is 33.6 Å². The number of nitrogens with one attached hydrogen (secondary N) is 1. The van der Waals surface area contributed by atoms with E-state index in [4.69, 9.17) is 16.7 Å². The lowest BCUT2D eigenvalue weighted by atomic mass is 10.3. The molecule has 2 N–H and O–H groups in total. The molecule has 2 aromatic rings. The number of rotatable bonds is 5. The van der Waals surface area contributed by atoms with Gasteiger partial charge in [-0.1, -0.05) is 17.7 Å². The van der Waals surface area contributed by atoms with Gasteiger partial charge in [-0.15, -0.1) is 11.3 Å². The highest BCUT2D eigenvalue weighted by Gasteiger charge is 2.31. The van der Waals surface area contributed by atoms with Crippen molar-refractivity contribution in [2.75, 3.05) is 0 Å². The molecule has 10 heteroatoms. The Morgan fingerprint density at radius 2 is 2.30 bits per heavy atom. The molecule has 0 saturated carbocycles. The van der Waals surface area contributed by atoms with E-state index in [-0.39, 0.29) is 10.0 Å². The second-order valence-corrected chi connectivity index (χ2v) is 6.84. The molecule has 0 aliphatic carbocycles. The molecule has 0 aliphatic rings. The molecular formula is C10H10ClN3O4S2. The number of thiophene rings is 1. The highest BCUT2D eigenvalue weighted by Crippen LogP contribution is 2.24. The van der Waals surface area contributed by atoms with E-state index in [1.54, 1.807) is 11.4 Å². The Balaban J connectivity index is 2.38. The van der Waals surface area contributed by atoms with E-state index < -0.39 is 22.0 Å². The fourth-order valence-electron chi connectivity index (χ4n) is 1.60. The average Bonchev–Trinajstić information content (AvgIpc) is 2.96. The molecule has 0 fully saturated rings.